The highest BCUT2D eigenvalue weighted by atomic mass is 16.5. The second-order valence-electron chi connectivity index (χ2n) is 7.10. The van der Waals surface area contributed by atoms with Crippen molar-refractivity contribution in [3.05, 3.63) is 66.0 Å². The van der Waals surface area contributed by atoms with Crippen LogP contribution in [0.1, 0.15) is 11.1 Å². The van der Waals surface area contributed by atoms with E-state index in [1.165, 1.54) is 11.3 Å². The molecule has 1 aromatic heterocycles. The zero-order valence-corrected chi connectivity index (χ0v) is 15.6. The monoisotopic (exact) mass is 363 g/mol. The molecule has 2 heterocycles. The standard InChI is InChI=1S/C22H25N3O2/c1-24(16-21-20-14-23-9-8-18(20)4-7-22(21)26)15-17-2-5-19(6-3-17)25-10-12-27-13-11-25/h2-9,14,26H,10-13,15-16H2,1H3. The van der Waals surface area contributed by atoms with E-state index >= 15 is 0 Å². The summed E-state index contributed by atoms with van der Waals surface area (Å²) in [6.07, 6.45) is 3.61. The number of anilines is 1. The maximum Gasteiger partial charge on any atom is 0.120 e. The van der Waals surface area contributed by atoms with Crippen molar-refractivity contribution in [2.24, 2.45) is 0 Å². The minimum absolute atomic E-state index is 0.324. The van der Waals surface area contributed by atoms with Crippen LogP contribution in [-0.4, -0.2) is 48.3 Å². The average Bonchev–Trinajstić information content (AvgIpc) is 2.71. The number of hydrogen-bond acceptors (Lipinski definition) is 5. The Morgan fingerprint density at radius 2 is 1.81 bits per heavy atom. The lowest BCUT2D eigenvalue weighted by atomic mass is 10.0. The van der Waals surface area contributed by atoms with E-state index < -0.39 is 0 Å². The summed E-state index contributed by atoms with van der Waals surface area (Å²) in [5.41, 5.74) is 3.43. The van der Waals surface area contributed by atoms with Gasteiger partial charge in [0, 0.05) is 55.2 Å². The molecule has 0 aliphatic carbocycles. The summed E-state index contributed by atoms with van der Waals surface area (Å²) in [6, 6.07) is 14.4. The van der Waals surface area contributed by atoms with Crippen LogP contribution in [0, 0.1) is 0 Å². The number of rotatable bonds is 5. The number of nitrogens with zero attached hydrogens (tertiary/aromatic N) is 3. The molecule has 1 aliphatic rings. The van der Waals surface area contributed by atoms with Gasteiger partial charge < -0.3 is 14.7 Å². The van der Waals surface area contributed by atoms with E-state index in [2.05, 4.69) is 46.1 Å². The molecular weight excluding hydrogens is 338 g/mol. The molecule has 0 radical (unpaired) electrons. The quantitative estimate of drug-likeness (QED) is 0.753. The lowest BCUT2D eigenvalue weighted by molar-refractivity contribution is 0.122. The molecule has 0 atom stereocenters. The van der Waals surface area contributed by atoms with E-state index in [9.17, 15) is 5.11 Å². The van der Waals surface area contributed by atoms with Crippen LogP contribution in [0.4, 0.5) is 5.69 Å². The molecule has 4 rings (SSSR count). The van der Waals surface area contributed by atoms with Gasteiger partial charge in [0.2, 0.25) is 0 Å². The molecule has 0 amide bonds. The summed E-state index contributed by atoms with van der Waals surface area (Å²) in [4.78, 5) is 8.79. The molecule has 27 heavy (non-hydrogen) atoms. The zero-order valence-electron chi connectivity index (χ0n) is 15.6. The summed E-state index contributed by atoms with van der Waals surface area (Å²) >= 11 is 0. The van der Waals surface area contributed by atoms with Gasteiger partial charge >= 0.3 is 0 Å². The van der Waals surface area contributed by atoms with E-state index in [4.69, 9.17) is 4.74 Å². The number of fused-ring (bicyclic) bond motifs is 1. The topological polar surface area (TPSA) is 48.8 Å². The fourth-order valence-electron chi connectivity index (χ4n) is 3.65. The molecule has 3 aromatic rings. The Balaban J connectivity index is 1.45. The van der Waals surface area contributed by atoms with Crippen molar-refractivity contribution < 1.29 is 9.84 Å². The van der Waals surface area contributed by atoms with Crippen LogP contribution >= 0.6 is 0 Å². The van der Waals surface area contributed by atoms with Crippen molar-refractivity contribution in [3.63, 3.8) is 0 Å². The van der Waals surface area contributed by atoms with Gasteiger partial charge in [-0.1, -0.05) is 18.2 Å². The Bertz CT molecular complexity index is 905. The first-order chi connectivity index (χ1) is 13.2. The van der Waals surface area contributed by atoms with Crippen molar-refractivity contribution in [1.29, 1.82) is 0 Å². The highest BCUT2D eigenvalue weighted by molar-refractivity contribution is 5.86. The van der Waals surface area contributed by atoms with Gasteiger partial charge in [-0.05, 0) is 42.3 Å². The second-order valence-corrected chi connectivity index (χ2v) is 7.10. The zero-order chi connectivity index (χ0) is 18.6. The number of benzene rings is 2. The predicted molar refractivity (Wildman–Crippen MR) is 108 cm³/mol. The van der Waals surface area contributed by atoms with Crippen LogP contribution in [0.5, 0.6) is 5.75 Å². The molecule has 1 N–H and O–H groups in total. The highest BCUT2D eigenvalue weighted by Gasteiger charge is 2.12. The first-order valence-corrected chi connectivity index (χ1v) is 9.35. The average molecular weight is 363 g/mol. The molecular formula is C22H25N3O2. The van der Waals surface area contributed by atoms with Crippen molar-refractivity contribution in [2.75, 3.05) is 38.3 Å². The first-order valence-electron chi connectivity index (χ1n) is 9.35. The number of hydrogen-bond donors (Lipinski definition) is 1. The molecule has 0 spiro atoms. The van der Waals surface area contributed by atoms with Gasteiger partial charge in [0.1, 0.15) is 5.75 Å². The minimum atomic E-state index is 0.324. The Hall–Kier alpha value is -2.63. The normalized spacial score (nSPS) is 14.8. The summed E-state index contributed by atoms with van der Waals surface area (Å²) in [6.45, 7) is 4.99. The second kappa shape index (κ2) is 7.94. The van der Waals surface area contributed by atoms with Crippen molar-refractivity contribution in [1.82, 2.24) is 9.88 Å². The number of morpholine rings is 1. The van der Waals surface area contributed by atoms with Gasteiger partial charge in [-0.3, -0.25) is 9.88 Å². The summed E-state index contributed by atoms with van der Waals surface area (Å²) in [5, 5.41) is 12.4. The Kier molecular flexibility index (Phi) is 5.23. The molecule has 5 nitrogen and oxygen atoms in total. The molecule has 1 aliphatic heterocycles. The summed E-state index contributed by atoms with van der Waals surface area (Å²) in [5.74, 6) is 0.324. The third kappa shape index (κ3) is 4.04. The van der Waals surface area contributed by atoms with E-state index in [-0.39, 0.29) is 0 Å². The van der Waals surface area contributed by atoms with Gasteiger partial charge in [-0.25, -0.2) is 0 Å². The minimum Gasteiger partial charge on any atom is -0.508 e. The first kappa shape index (κ1) is 17.8. The summed E-state index contributed by atoms with van der Waals surface area (Å²) in [7, 11) is 2.07. The Labute approximate surface area is 159 Å². The van der Waals surface area contributed by atoms with E-state index in [0.717, 1.165) is 49.2 Å². The lowest BCUT2D eigenvalue weighted by Gasteiger charge is -2.29. The molecule has 0 bridgehead atoms. The van der Waals surface area contributed by atoms with Crippen molar-refractivity contribution >= 4 is 16.5 Å². The third-order valence-electron chi connectivity index (χ3n) is 5.10. The van der Waals surface area contributed by atoms with Crippen LogP contribution in [0.15, 0.2) is 54.9 Å². The van der Waals surface area contributed by atoms with Gasteiger partial charge in [0.05, 0.1) is 13.2 Å². The van der Waals surface area contributed by atoms with Crippen LogP contribution < -0.4 is 4.90 Å². The number of aromatic nitrogens is 1. The van der Waals surface area contributed by atoms with E-state index in [0.29, 0.717) is 12.3 Å². The maximum atomic E-state index is 10.3. The Morgan fingerprint density at radius 3 is 2.59 bits per heavy atom. The molecule has 0 saturated carbocycles. The highest BCUT2D eigenvalue weighted by Crippen LogP contribution is 2.28. The molecule has 5 heteroatoms. The van der Waals surface area contributed by atoms with Gasteiger partial charge in [-0.2, -0.15) is 0 Å². The Morgan fingerprint density at radius 1 is 1.04 bits per heavy atom. The number of phenols is 1. The van der Waals surface area contributed by atoms with Crippen LogP contribution in [0.2, 0.25) is 0 Å². The van der Waals surface area contributed by atoms with Gasteiger partial charge in [0.15, 0.2) is 0 Å². The van der Waals surface area contributed by atoms with E-state index in [1.54, 1.807) is 12.3 Å². The van der Waals surface area contributed by atoms with Gasteiger partial charge in [-0.15, -0.1) is 0 Å². The summed E-state index contributed by atoms with van der Waals surface area (Å²) < 4.78 is 5.42. The maximum absolute atomic E-state index is 10.3. The number of aromatic hydroxyl groups is 1. The number of phenolic OH excluding ortho intramolecular Hbond substituents is 1. The van der Waals surface area contributed by atoms with Crippen molar-refractivity contribution in [3.8, 4) is 5.75 Å². The molecule has 140 valence electrons. The third-order valence-corrected chi connectivity index (χ3v) is 5.10. The SMILES string of the molecule is CN(Cc1ccc(N2CCOCC2)cc1)Cc1c(O)ccc2ccncc12. The lowest BCUT2D eigenvalue weighted by Crippen LogP contribution is -2.36. The molecule has 1 saturated heterocycles. The number of ether oxygens (including phenoxy) is 1. The fraction of sp³-hybridized carbons (Fsp3) is 0.318. The van der Waals surface area contributed by atoms with Crippen LogP contribution in [-0.2, 0) is 17.8 Å². The van der Waals surface area contributed by atoms with Crippen molar-refractivity contribution in [2.45, 2.75) is 13.1 Å². The molecule has 1 fully saturated rings. The fourth-order valence-corrected chi connectivity index (χ4v) is 3.65. The largest absolute Gasteiger partial charge is 0.508 e. The van der Waals surface area contributed by atoms with Crippen LogP contribution in [0.25, 0.3) is 10.8 Å². The smallest absolute Gasteiger partial charge is 0.120 e. The van der Waals surface area contributed by atoms with Crippen LogP contribution in [0.3, 0.4) is 0 Å². The van der Waals surface area contributed by atoms with Gasteiger partial charge in [0.25, 0.3) is 0 Å². The number of pyridine rings is 1. The molecule has 0 unspecified atom stereocenters. The van der Waals surface area contributed by atoms with E-state index in [1.807, 2.05) is 18.3 Å². The predicted octanol–water partition coefficient (Wildman–Crippen LogP) is 3.41. The molecule has 2 aromatic carbocycles.